The van der Waals surface area contributed by atoms with Gasteiger partial charge in [-0.05, 0) is 31.2 Å². The zero-order chi connectivity index (χ0) is 13.3. The first-order valence-electron chi connectivity index (χ1n) is 5.33. The van der Waals surface area contributed by atoms with E-state index in [1.54, 1.807) is 6.92 Å². The van der Waals surface area contributed by atoms with E-state index in [1.807, 2.05) is 0 Å². The largest absolute Gasteiger partial charge is 0.351 e. The van der Waals surface area contributed by atoms with Crippen LogP contribution in [0.4, 0.5) is 0 Å². The molecule has 0 spiro atoms. The van der Waals surface area contributed by atoms with E-state index in [0.29, 0.717) is 11.3 Å². The molecule has 0 aromatic heterocycles. The molecule has 0 amide bonds. The fourth-order valence-corrected chi connectivity index (χ4v) is 3.44. The maximum atomic E-state index is 12.3. The van der Waals surface area contributed by atoms with Crippen LogP contribution in [-0.4, -0.2) is 37.9 Å². The molecule has 7 heteroatoms. The van der Waals surface area contributed by atoms with Crippen molar-refractivity contribution in [1.82, 2.24) is 4.31 Å². The van der Waals surface area contributed by atoms with Gasteiger partial charge in [-0.15, -0.1) is 0 Å². The second kappa shape index (κ2) is 4.97. The first kappa shape index (κ1) is 13.5. The molecule has 2 atom stereocenters. The summed E-state index contributed by atoms with van der Waals surface area (Å²) >= 11 is 5.71. The lowest BCUT2D eigenvalue weighted by Crippen LogP contribution is -2.37. The van der Waals surface area contributed by atoms with Crippen LogP contribution in [-0.2, 0) is 19.6 Å². The number of carbonyl (C=O) groups is 1. The molecule has 1 fully saturated rings. The molecular weight excluding hydrogens is 278 g/mol. The minimum atomic E-state index is -3.73. The van der Waals surface area contributed by atoms with E-state index in [9.17, 15) is 13.2 Å². The van der Waals surface area contributed by atoms with Gasteiger partial charge in [0.1, 0.15) is 0 Å². The minimum Gasteiger partial charge on any atom is -0.351 e. The lowest BCUT2D eigenvalue weighted by atomic mass is 10.4. The fourth-order valence-electron chi connectivity index (χ4n) is 1.78. The Morgan fingerprint density at radius 2 is 2.00 bits per heavy atom. The first-order chi connectivity index (χ1) is 8.45. The van der Waals surface area contributed by atoms with Crippen molar-refractivity contribution in [2.75, 3.05) is 6.54 Å². The second-order valence-electron chi connectivity index (χ2n) is 4.00. The predicted molar refractivity (Wildman–Crippen MR) is 65.7 cm³/mol. The van der Waals surface area contributed by atoms with Crippen LogP contribution >= 0.6 is 11.6 Å². The minimum absolute atomic E-state index is 0.0939. The molecule has 1 saturated heterocycles. The van der Waals surface area contributed by atoms with Crippen LogP contribution in [0.3, 0.4) is 0 Å². The van der Waals surface area contributed by atoms with Crippen molar-refractivity contribution in [3.8, 4) is 0 Å². The van der Waals surface area contributed by atoms with E-state index in [4.69, 9.17) is 16.3 Å². The summed E-state index contributed by atoms with van der Waals surface area (Å²) in [5.41, 5.74) is 0. The molecule has 0 aliphatic carbocycles. The summed E-state index contributed by atoms with van der Waals surface area (Å²) in [4.78, 5) is 10.9. The summed E-state index contributed by atoms with van der Waals surface area (Å²) < 4.78 is 30.9. The van der Waals surface area contributed by atoms with Gasteiger partial charge in [0.25, 0.3) is 0 Å². The van der Waals surface area contributed by atoms with Crippen molar-refractivity contribution < 1.29 is 17.9 Å². The number of carbonyl (C=O) groups excluding carboxylic acids is 1. The molecule has 98 valence electrons. The third-order valence-corrected chi connectivity index (χ3v) is 4.72. The SMILES string of the molecule is CC1CN(S(=O)(=O)c2ccc(Cl)cc2)C(C=O)O1. The number of ether oxygens (including phenoxy) is 1. The number of sulfonamides is 1. The molecule has 1 aliphatic heterocycles. The Hall–Kier alpha value is -0.950. The number of hydrogen-bond acceptors (Lipinski definition) is 4. The summed E-state index contributed by atoms with van der Waals surface area (Å²) in [5.74, 6) is 0. The summed E-state index contributed by atoms with van der Waals surface area (Å²) in [7, 11) is -3.73. The topological polar surface area (TPSA) is 63.7 Å². The molecule has 0 radical (unpaired) electrons. The van der Waals surface area contributed by atoms with Gasteiger partial charge in [-0.2, -0.15) is 4.31 Å². The van der Waals surface area contributed by atoms with E-state index in [-0.39, 0.29) is 17.5 Å². The van der Waals surface area contributed by atoms with Crippen molar-refractivity contribution in [2.45, 2.75) is 24.2 Å². The van der Waals surface area contributed by atoms with Gasteiger partial charge in [-0.25, -0.2) is 8.42 Å². The monoisotopic (exact) mass is 289 g/mol. The van der Waals surface area contributed by atoms with Crippen LogP contribution < -0.4 is 0 Å². The molecular formula is C11H12ClNO4S. The van der Waals surface area contributed by atoms with Gasteiger partial charge >= 0.3 is 0 Å². The van der Waals surface area contributed by atoms with Crippen molar-refractivity contribution in [3.63, 3.8) is 0 Å². The molecule has 0 N–H and O–H groups in total. The Bertz CT molecular complexity index is 543. The Labute approximate surface area is 110 Å². The maximum Gasteiger partial charge on any atom is 0.245 e. The van der Waals surface area contributed by atoms with Gasteiger partial charge in [-0.1, -0.05) is 11.6 Å². The third kappa shape index (κ3) is 2.42. The standard InChI is InChI=1S/C11H12ClNO4S/c1-8-6-13(11(7-14)17-8)18(15,16)10-4-2-9(12)3-5-10/h2-5,7-8,11H,6H2,1H3. The number of nitrogens with zero attached hydrogens (tertiary/aromatic N) is 1. The normalized spacial score (nSPS) is 25.2. The van der Waals surface area contributed by atoms with Gasteiger partial charge < -0.3 is 4.74 Å². The molecule has 1 aliphatic rings. The van der Waals surface area contributed by atoms with Crippen molar-refractivity contribution >= 4 is 27.9 Å². The molecule has 2 unspecified atom stereocenters. The molecule has 18 heavy (non-hydrogen) atoms. The number of hydrogen-bond donors (Lipinski definition) is 0. The van der Waals surface area contributed by atoms with E-state index < -0.39 is 16.3 Å². The summed E-state index contributed by atoms with van der Waals surface area (Å²) in [6.07, 6.45) is -0.875. The van der Waals surface area contributed by atoms with Gasteiger partial charge in [-0.3, -0.25) is 4.79 Å². The Kier molecular flexibility index (Phi) is 3.72. The molecule has 1 aromatic rings. The van der Waals surface area contributed by atoms with Crippen LogP contribution in [0.5, 0.6) is 0 Å². The number of rotatable bonds is 3. The van der Waals surface area contributed by atoms with Gasteiger partial charge in [0.05, 0.1) is 11.0 Å². The van der Waals surface area contributed by atoms with Crippen LogP contribution in [0, 0.1) is 0 Å². The molecule has 1 heterocycles. The Morgan fingerprint density at radius 1 is 1.39 bits per heavy atom. The van der Waals surface area contributed by atoms with E-state index in [1.165, 1.54) is 24.3 Å². The second-order valence-corrected chi connectivity index (χ2v) is 6.33. The van der Waals surface area contributed by atoms with Crippen molar-refractivity contribution in [3.05, 3.63) is 29.3 Å². The van der Waals surface area contributed by atoms with Gasteiger partial charge in [0.2, 0.25) is 10.0 Å². The lowest BCUT2D eigenvalue weighted by Gasteiger charge is -2.18. The van der Waals surface area contributed by atoms with Crippen LogP contribution in [0.2, 0.25) is 5.02 Å². The number of aldehydes is 1. The number of halogens is 1. The molecule has 0 bridgehead atoms. The highest BCUT2D eigenvalue weighted by atomic mass is 35.5. The highest BCUT2D eigenvalue weighted by molar-refractivity contribution is 7.89. The molecule has 0 saturated carbocycles. The zero-order valence-corrected chi connectivity index (χ0v) is 11.2. The van der Waals surface area contributed by atoms with Crippen LogP contribution in [0.15, 0.2) is 29.2 Å². The Balaban J connectivity index is 2.36. The van der Waals surface area contributed by atoms with Gasteiger partial charge in [0.15, 0.2) is 12.5 Å². The number of benzene rings is 1. The van der Waals surface area contributed by atoms with Gasteiger partial charge in [0, 0.05) is 11.6 Å². The summed E-state index contributed by atoms with van der Waals surface area (Å²) in [5, 5.41) is 0.451. The summed E-state index contributed by atoms with van der Waals surface area (Å²) in [6.45, 7) is 1.88. The smallest absolute Gasteiger partial charge is 0.245 e. The summed E-state index contributed by atoms with van der Waals surface area (Å²) in [6, 6.07) is 5.79. The fraction of sp³-hybridized carbons (Fsp3) is 0.364. The van der Waals surface area contributed by atoms with E-state index >= 15 is 0 Å². The van der Waals surface area contributed by atoms with Crippen LogP contribution in [0.1, 0.15) is 6.92 Å². The van der Waals surface area contributed by atoms with Crippen LogP contribution in [0.25, 0.3) is 0 Å². The highest BCUT2D eigenvalue weighted by Crippen LogP contribution is 2.25. The molecule has 2 rings (SSSR count). The predicted octanol–water partition coefficient (Wildman–Crippen LogP) is 1.27. The average molecular weight is 290 g/mol. The van der Waals surface area contributed by atoms with E-state index in [0.717, 1.165) is 4.31 Å². The third-order valence-electron chi connectivity index (χ3n) is 2.63. The quantitative estimate of drug-likeness (QED) is 0.786. The van der Waals surface area contributed by atoms with E-state index in [2.05, 4.69) is 0 Å². The highest BCUT2D eigenvalue weighted by Gasteiger charge is 2.39. The molecule has 5 nitrogen and oxygen atoms in total. The molecule has 1 aromatic carbocycles. The zero-order valence-electron chi connectivity index (χ0n) is 9.61. The lowest BCUT2D eigenvalue weighted by molar-refractivity contribution is -0.120. The van der Waals surface area contributed by atoms with Crippen molar-refractivity contribution in [2.24, 2.45) is 0 Å². The Morgan fingerprint density at radius 3 is 2.56 bits per heavy atom. The average Bonchev–Trinajstić information content (AvgIpc) is 2.72. The first-order valence-corrected chi connectivity index (χ1v) is 7.15. The van der Waals surface area contributed by atoms with Crippen molar-refractivity contribution in [1.29, 1.82) is 0 Å². The maximum absolute atomic E-state index is 12.3.